The van der Waals surface area contributed by atoms with E-state index in [-0.39, 0.29) is 29.0 Å². The van der Waals surface area contributed by atoms with Gasteiger partial charge in [0, 0.05) is 17.0 Å². The summed E-state index contributed by atoms with van der Waals surface area (Å²) in [4.78, 5) is 24.2. The maximum atomic E-state index is 13.0. The molecule has 2 heterocycles. The Hall–Kier alpha value is -2.05. The van der Waals surface area contributed by atoms with Gasteiger partial charge in [0.2, 0.25) is 5.91 Å². The van der Waals surface area contributed by atoms with Gasteiger partial charge in [0.1, 0.15) is 5.75 Å². The Morgan fingerprint density at radius 1 is 1.33 bits per heavy atom. The number of aromatic hydroxyl groups is 1. The van der Waals surface area contributed by atoms with Gasteiger partial charge in [-0.25, -0.2) is 0 Å². The first-order chi connectivity index (χ1) is 11.4. The van der Waals surface area contributed by atoms with Crippen molar-refractivity contribution < 1.29 is 19.8 Å². The Bertz CT molecular complexity index is 822. The highest BCUT2D eigenvalue weighted by Crippen LogP contribution is 2.38. The third-order valence-corrected chi connectivity index (χ3v) is 5.03. The summed E-state index contributed by atoms with van der Waals surface area (Å²) in [5.41, 5.74) is 1.60. The molecule has 1 aromatic carbocycles. The Morgan fingerprint density at radius 3 is 2.62 bits per heavy atom. The van der Waals surface area contributed by atoms with Crippen molar-refractivity contribution in [1.29, 1.82) is 0 Å². The van der Waals surface area contributed by atoms with E-state index in [1.54, 1.807) is 17.6 Å². The number of carboxylic acid groups (broad SMARTS) is 1. The SMILES string of the molecule is Cc1c(CC(=O)O)c2c(Cl)c(O)ccc2n1C(=O)C1CCNCC1. The van der Waals surface area contributed by atoms with Crippen molar-refractivity contribution in [2.45, 2.75) is 26.2 Å². The highest BCUT2D eigenvalue weighted by molar-refractivity contribution is 6.37. The maximum absolute atomic E-state index is 13.0. The molecule has 1 saturated heterocycles. The average molecular weight is 351 g/mol. The fraction of sp³-hybridized carbons (Fsp3) is 0.412. The minimum Gasteiger partial charge on any atom is -0.506 e. The molecule has 24 heavy (non-hydrogen) atoms. The van der Waals surface area contributed by atoms with Crippen molar-refractivity contribution in [1.82, 2.24) is 9.88 Å². The Labute approximate surface area is 144 Å². The van der Waals surface area contributed by atoms with Gasteiger partial charge in [-0.15, -0.1) is 0 Å². The first-order valence-electron chi connectivity index (χ1n) is 7.90. The van der Waals surface area contributed by atoms with E-state index in [1.165, 1.54) is 6.07 Å². The van der Waals surface area contributed by atoms with E-state index in [1.807, 2.05) is 0 Å². The number of halogens is 1. The van der Waals surface area contributed by atoms with Crippen LogP contribution in [0.3, 0.4) is 0 Å². The molecule has 3 rings (SSSR count). The standard InChI is InChI=1S/C17H19ClN2O4/c1-9-11(8-14(22)23)15-12(2-3-13(21)16(15)18)20(9)17(24)10-4-6-19-7-5-10/h2-3,10,19,21H,4-8H2,1H3,(H,22,23). The number of aliphatic carboxylic acids is 1. The molecular formula is C17H19ClN2O4. The van der Waals surface area contributed by atoms with Gasteiger partial charge >= 0.3 is 5.97 Å². The highest BCUT2D eigenvalue weighted by atomic mass is 35.5. The second kappa shape index (κ2) is 6.45. The molecule has 0 radical (unpaired) electrons. The normalized spacial score (nSPS) is 15.8. The lowest BCUT2D eigenvalue weighted by Crippen LogP contribution is -2.34. The molecule has 0 spiro atoms. The van der Waals surface area contributed by atoms with Gasteiger partial charge in [-0.3, -0.25) is 14.2 Å². The molecule has 1 aliphatic rings. The third kappa shape index (κ3) is 2.76. The number of nitrogens with one attached hydrogen (secondary N) is 1. The summed E-state index contributed by atoms with van der Waals surface area (Å²) < 4.78 is 1.56. The first kappa shape index (κ1) is 16.8. The van der Waals surface area contributed by atoms with E-state index >= 15 is 0 Å². The Kier molecular flexibility index (Phi) is 4.51. The number of fused-ring (bicyclic) bond motifs is 1. The number of carbonyl (C=O) groups excluding carboxylic acids is 1. The number of benzene rings is 1. The number of piperidine rings is 1. The summed E-state index contributed by atoms with van der Waals surface area (Å²) in [5.74, 6) is -1.28. The van der Waals surface area contributed by atoms with Gasteiger partial charge in [0.05, 0.1) is 17.0 Å². The predicted octanol–water partition coefficient (Wildman–Crippen LogP) is 2.58. The van der Waals surface area contributed by atoms with E-state index in [4.69, 9.17) is 11.6 Å². The maximum Gasteiger partial charge on any atom is 0.307 e. The highest BCUT2D eigenvalue weighted by Gasteiger charge is 2.28. The van der Waals surface area contributed by atoms with Crippen molar-refractivity contribution in [3.8, 4) is 5.75 Å². The van der Waals surface area contributed by atoms with Gasteiger partial charge in [-0.05, 0) is 50.6 Å². The number of carboxylic acids is 1. The van der Waals surface area contributed by atoms with Crippen LogP contribution < -0.4 is 5.32 Å². The smallest absolute Gasteiger partial charge is 0.307 e. The van der Waals surface area contributed by atoms with Crippen molar-refractivity contribution in [3.05, 3.63) is 28.4 Å². The average Bonchev–Trinajstić information content (AvgIpc) is 2.83. The number of phenols is 1. The fourth-order valence-electron chi connectivity index (χ4n) is 3.43. The lowest BCUT2D eigenvalue weighted by atomic mass is 9.97. The molecule has 2 aromatic rings. The summed E-state index contributed by atoms with van der Waals surface area (Å²) in [5, 5.41) is 22.8. The van der Waals surface area contributed by atoms with Crippen LogP contribution in [0.4, 0.5) is 0 Å². The number of rotatable bonds is 3. The van der Waals surface area contributed by atoms with Crippen molar-refractivity contribution in [2.75, 3.05) is 13.1 Å². The zero-order valence-electron chi connectivity index (χ0n) is 13.3. The van der Waals surface area contributed by atoms with Crippen LogP contribution in [-0.2, 0) is 11.2 Å². The molecule has 0 unspecified atom stereocenters. The molecule has 128 valence electrons. The van der Waals surface area contributed by atoms with E-state index < -0.39 is 5.97 Å². The van der Waals surface area contributed by atoms with E-state index in [0.29, 0.717) is 22.2 Å². The van der Waals surface area contributed by atoms with Crippen molar-refractivity contribution in [3.63, 3.8) is 0 Å². The number of hydrogen-bond acceptors (Lipinski definition) is 4. The second-order valence-corrected chi connectivity index (χ2v) is 6.50. The molecule has 0 amide bonds. The number of phenolic OH excluding ortho intramolecular Hbond substituents is 1. The van der Waals surface area contributed by atoms with E-state index in [9.17, 15) is 19.8 Å². The van der Waals surface area contributed by atoms with Gasteiger partial charge < -0.3 is 15.5 Å². The number of aromatic nitrogens is 1. The third-order valence-electron chi connectivity index (χ3n) is 4.65. The summed E-state index contributed by atoms with van der Waals surface area (Å²) >= 11 is 6.21. The molecule has 0 bridgehead atoms. The summed E-state index contributed by atoms with van der Waals surface area (Å²) in [6, 6.07) is 3.05. The molecule has 6 nitrogen and oxygen atoms in total. The molecule has 0 aliphatic carbocycles. The second-order valence-electron chi connectivity index (χ2n) is 6.13. The van der Waals surface area contributed by atoms with Crippen LogP contribution in [0.15, 0.2) is 12.1 Å². The Balaban J connectivity index is 2.20. The molecule has 7 heteroatoms. The monoisotopic (exact) mass is 350 g/mol. The number of carbonyl (C=O) groups is 2. The lowest BCUT2D eigenvalue weighted by Gasteiger charge is -2.22. The summed E-state index contributed by atoms with van der Waals surface area (Å²) in [6.45, 7) is 3.31. The molecule has 1 aromatic heterocycles. The van der Waals surface area contributed by atoms with Gasteiger partial charge in [-0.2, -0.15) is 0 Å². The van der Waals surface area contributed by atoms with Crippen LogP contribution >= 0.6 is 11.6 Å². The van der Waals surface area contributed by atoms with E-state index in [0.717, 1.165) is 25.9 Å². The van der Waals surface area contributed by atoms with Crippen LogP contribution in [0.1, 0.15) is 28.9 Å². The van der Waals surface area contributed by atoms with Gasteiger partial charge in [0.15, 0.2) is 0 Å². The summed E-state index contributed by atoms with van der Waals surface area (Å²) in [7, 11) is 0. The number of hydrogen-bond donors (Lipinski definition) is 3. The molecule has 1 aliphatic heterocycles. The van der Waals surface area contributed by atoms with Gasteiger partial charge in [0.25, 0.3) is 0 Å². The van der Waals surface area contributed by atoms with E-state index in [2.05, 4.69) is 5.32 Å². The van der Waals surface area contributed by atoms with Crippen LogP contribution in [0.25, 0.3) is 10.9 Å². The minimum atomic E-state index is -1.01. The molecular weight excluding hydrogens is 332 g/mol. The van der Waals surface area contributed by atoms with Crippen molar-refractivity contribution in [2.24, 2.45) is 5.92 Å². The lowest BCUT2D eigenvalue weighted by molar-refractivity contribution is -0.136. The van der Waals surface area contributed by atoms with Crippen LogP contribution in [0.5, 0.6) is 5.75 Å². The quantitative estimate of drug-likeness (QED) is 0.791. The molecule has 3 N–H and O–H groups in total. The zero-order valence-corrected chi connectivity index (χ0v) is 14.1. The minimum absolute atomic E-state index is 0.0441. The largest absolute Gasteiger partial charge is 0.506 e. The number of nitrogens with zero attached hydrogens (tertiary/aromatic N) is 1. The molecule has 1 fully saturated rings. The molecule has 0 saturated carbocycles. The topological polar surface area (TPSA) is 91.6 Å². The molecule has 0 atom stereocenters. The van der Waals surface area contributed by atoms with Crippen LogP contribution in [0, 0.1) is 12.8 Å². The van der Waals surface area contributed by atoms with Crippen LogP contribution in [-0.4, -0.2) is 39.7 Å². The van der Waals surface area contributed by atoms with Gasteiger partial charge in [-0.1, -0.05) is 11.6 Å². The fourth-order valence-corrected chi connectivity index (χ4v) is 3.70. The Morgan fingerprint density at radius 2 is 2.00 bits per heavy atom. The van der Waals surface area contributed by atoms with Crippen LogP contribution in [0.2, 0.25) is 5.02 Å². The predicted molar refractivity (Wildman–Crippen MR) is 90.9 cm³/mol. The summed E-state index contributed by atoms with van der Waals surface area (Å²) in [6.07, 6.45) is 1.24. The zero-order chi connectivity index (χ0) is 17.4. The van der Waals surface area contributed by atoms with Crippen molar-refractivity contribution >= 4 is 34.4 Å². The first-order valence-corrected chi connectivity index (χ1v) is 8.27.